The minimum Gasteiger partial charge on any atom is -0.380 e. The van der Waals surface area contributed by atoms with Crippen molar-refractivity contribution in [2.75, 3.05) is 5.32 Å². The Kier molecular flexibility index (Phi) is 4.32. The van der Waals surface area contributed by atoms with Gasteiger partial charge in [0, 0.05) is 26.8 Å². The van der Waals surface area contributed by atoms with Gasteiger partial charge in [-0.3, -0.25) is 0 Å². The van der Waals surface area contributed by atoms with Crippen molar-refractivity contribution < 1.29 is 0 Å². The molecule has 0 aromatic heterocycles. The van der Waals surface area contributed by atoms with E-state index in [9.17, 15) is 0 Å². The smallest absolute Gasteiger partial charge is 0.0488 e. The van der Waals surface area contributed by atoms with Gasteiger partial charge >= 0.3 is 0 Å². The molecule has 4 heteroatoms. The maximum atomic E-state index is 5.92. The van der Waals surface area contributed by atoms with E-state index in [1.165, 1.54) is 0 Å². The molecule has 0 atom stereocenters. The molecule has 1 nitrogen and oxygen atoms in total. The lowest BCUT2D eigenvalue weighted by molar-refractivity contribution is 1.15. The van der Waals surface area contributed by atoms with Gasteiger partial charge < -0.3 is 5.32 Å². The number of hydrogen-bond donors (Lipinski definition) is 1. The second kappa shape index (κ2) is 5.76. The Hall–Kier alpha value is -0.700. The van der Waals surface area contributed by atoms with E-state index in [0.29, 0.717) is 5.02 Å². The van der Waals surface area contributed by atoms with Gasteiger partial charge in [-0.1, -0.05) is 35.3 Å². The maximum absolute atomic E-state index is 5.92. The van der Waals surface area contributed by atoms with Gasteiger partial charge in [0.05, 0.1) is 0 Å². The molecule has 0 radical (unpaired) electrons. The number of hydrogen-bond acceptors (Lipinski definition) is 1. The van der Waals surface area contributed by atoms with E-state index in [1.54, 1.807) is 0 Å². The third-order valence-corrected chi connectivity index (χ3v) is 3.43. The summed E-state index contributed by atoms with van der Waals surface area (Å²) >= 11 is 15.3. The highest BCUT2D eigenvalue weighted by Gasteiger charge is 2.00. The van der Waals surface area contributed by atoms with Gasteiger partial charge in [-0.15, -0.1) is 0 Å². The van der Waals surface area contributed by atoms with Crippen molar-refractivity contribution >= 4 is 44.8 Å². The molecule has 88 valence electrons. The highest BCUT2D eigenvalue weighted by molar-refractivity contribution is 9.10. The van der Waals surface area contributed by atoms with Crippen molar-refractivity contribution in [1.29, 1.82) is 0 Å². The molecule has 0 saturated carbocycles. The normalized spacial score (nSPS) is 10.3. The molecule has 2 rings (SSSR count). The van der Waals surface area contributed by atoms with Crippen molar-refractivity contribution in [2.24, 2.45) is 0 Å². The van der Waals surface area contributed by atoms with E-state index in [1.807, 2.05) is 42.5 Å². The summed E-state index contributed by atoms with van der Waals surface area (Å²) in [6, 6.07) is 13.4. The Balaban J connectivity index is 2.07. The molecule has 0 aliphatic heterocycles. The van der Waals surface area contributed by atoms with E-state index in [-0.39, 0.29) is 0 Å². The van der Waals surface area contributed by atoms with Crippen LogP contribution in [-0.2, 0) is 6.54 Å². The number of nitrogens with one attached hydrogen (secondary N) is 1. The van der Waals surface area contributed by atoms with E-state index >= 15 is 0 Å². The maximum Gasteiger partial charge on any atom is 0.0488 e. The molecule has 0 saturated heterocycles. The summed E-state index contributed by atoms with van der Waals surface area (Å²) in [5.74, 6) is 0. The first kappa shape index (κ1) is 12.7. The summed E-state index contributed by atoms with van der Waals surface area (Å²) in [6.07, 6.45) is 0. The van der Waals surface area contributed by atoms with Crippen LogP contribution >= 0.6 is 39.1 Å². The SMILES string of the molecule is Clc1cccc(CNc2ccc(Cl)cc2Br)c1. The van der Waals surface area contributed by atoms with Gasteiger partial charge in [0.25, 0.3) is 0 Å². The summed E-state index contributed by atoms with van der Waals surface area (Å²) in [4.78, 5) is 0. The standard InChI is InChI=1S/C13H10BrCl2N/c14-12-7-11(16)4-5-13(12)17-8-9-2-1-3-10(15)6-9/h1-7,17H,8H2. The van der Waals surface area contributed by atoms with Crippen LogP contribution in [0.5, 0.6) is 0 Å². The predicted molar refractivity (Wildman–Crippen MR) is 77.9 cm³/mol. The molecule has 0 amide bonds. The molecule has 0 fully saturated rings. The monoisotopic (exact) mass is 329 g/mol. The average Bonchev–Trinajstić information content (AvgIpc) is 2.28. The van der Waals surface area contributed by atoms with Gasteiger partial charge in [0.15, 0.2) is 0 Å². The van der Waals surface area contributed by atoms with Crippen LogP contribution in [0.3, 0.4) is 0 Å². The first-order valence-corrected chi connectivity index (χ1v) is 6.63. The number of halogens is 3. The fraction of sp³-hybridized carbons (Fsp3) is 0.0769. The van der Waals surface area contributed by atoms with E-state index < -0.39 is 0 Å². The Labute approximate surface area is 119 Å². The third kappa shape index (κ3) is 3.63. The predicted octanol–water partition coefficient (Wildman–Crippen LogP) is 5.37. The third-order valence-electron chi connectivity index (χ3n) is 2.30. The van der Waals surface area contributed by atoms with Crippen LogP contribution in [0, 0.1) is 0 Å². The zero-order chi connectivity index (χ0) is 12.3. The highest BCUT2D eigenvalue weighted by Crippen LogP contribution is 2.26. The van der Waals surface area contributed by atoms with Gasteiger partial charge in [0.1, 0.15) is 0 Å². The molecule has 2 aromatic carbocycles. The lowest BCUT2D eigenvalue weighted by Gasteiger charge is -2.09. The van der Waals surface area contributed by atoms with Crippen molar-refractivity contribution in [3.05, 3.63) is 62.5 Å². The second-order valence-corrected chi connectivity index (χ2v) is 5.33. The molecule has 0 unspecified atom stereocenters. The minimum atomic E-state index is 0.713. The summed E-state index contributed by atoms with van der Waals surface area (Å²) in [7, 11) is 0. The lowest BCUT2D eigenvalue weighted by atomic mass is 10.2. The minimum absolute atomic E-state index is 0.713. The van der Waals surface area contributed by atoms with Gasteiger partial charge in [-0.2, -0.15) is 0 Å². The van der Waals surface area contributed by atoms with Crippen LogP contribution in [0.1, 0.15) is 5.56 Å². The fourth-order valence-electron chi connectivity index (χ4n) is 1.48. The van der Waals surface area contributed by atoms with Crippen LogP contribution in [-0.4, -0.2) is 0 Å². The molecule has 17 heavy (non-hydrogen) atoms. The fourth-order valence-corrected chi connectivity index (χ4v) is 2.51. The molecule has 0 heterocycles. The summed E-state index contributed by atoms with van der Waals surface area (Å²) in [5.41, 5.74) is 2.15. The largest absolute Gasteiger partial charge is 0.380 e. The van der Waals surface area contributed by atoms with E-state index in [4.69, 9.17) is 23.2 Å². The highest BCUT2D eigenvalue weighted by atomic mass is 79.9. The molecule has 0 aliphatic carbocycles. The Morgan fingerprint density at radius 1 is 1.00 bits per heavy atom. The lowest BCUT2D eigenvalue weighted by Crippen LogP contribution is -1.99. The number of benzene rings is 2. The molecule has 0 bridgehead atoms. The van der Waals surface area contributed by atoms with Gasteiger partial charge in [-0.25, -0.2) is 0 Å². The topological polar surface area (TPSA) is 12.0 Å². The van der Waals surface area contributed by atoms with Crippen LogP contribution < -0.4 is 5.32 Å². The first-order valence-electron chi connectivity index (χ1n) is 5.08. The van der Waals surface area contributed by atoms with Crippen LogP contribution in [0.25, 0.3) is 0 Å². The molecular formula is C13H10BrCl2N. The summed E-state index contributed by atoms with van der Waals surface area (Å²) in [6.45, 7) is 0.723. The van der Waals surface area contributed by atoms with Gasteiger partial charge in [-0.05, 0) is 51.8 Å². The van der Waals surface area contributed by atoms with Crippen molar-refractivity contribution in [3.8, 4) is 0 Å². The number of anilines is 1. The molecular weight excluding hydrogens is 321 g/mol. The van der Waals surface area contributed by atoms with Gasteiger partial charge in [0.2, 0.25) is 0 Å². The van der Waals surface area contributed by atoms with E-state index in [2.05, 4.69) is 21.2 Å². The zero-order valence-corrected chi connectivity index (χ0v) is 12.0. The van der Waals surface area contributed by atoms with Crippen LogP contribution in [0.15, 0.2) is 46.9 Å². The first-order chi connectivity index (χ1) is 8.15. The Morgan fingerprint density at radius 2 is 1.76 bits per heavy atom. The molecule has 2 aromatic rings. The Morgan fingerprint density at radius 3 is 2.47 bits per heavy atom. The second-order valence-electron chi connectivity index (χ2n) is 3.61. The Bertz CT molecular complexity index is 529. The van der Waals surface area contributed by atoms with Crippen molar-refractivity contribution in [3.63, 3.8) is 0 Å². The van der Waals surface area contributed by atoms with Crippen molar-refractivity contribution in [2.45, 2.75) is 6.54 Å². The van der Waals surface area contributed by atoms with Crippen LogP contribution in [0.2, 0.25) is 10.0 Å². The van der Waals surface area contributed by atoms with Crippen molar-refractivity contribution in [1.82, 2.24) is 0 Å². The average molecular weight is 331 g/mol. The quantitative estimate of drug-likeness (QED) is 0.797. The molecule has 0 aliphatic rings. The van der Waals surface area contributed by atoms with Crippen LogP contribution in [0.4, 0.5) is 5.69 Å². The summed E-state index contributed by atoms with van der Waals surface area (Å²) < 4.78 is 0.951. The zero-order valence-electron chi connectivity index (χ0n) is 8.88. The van der Waals surface area contributed by atoms with E-state index in [0.717, 1.165) is 27.3 Å². The number of rotatable bonds is 3. The summed E-state index contributed by atoms with van der Waals surface area (Å²) in [5, 5.41) is 4.78. The molecule has 1 N–H and O–H groups in total. The molecule has 0 spiro atoms.